The van der Waals surface area contributed by atoms with E-state index in [2.05, 4.69) is 25.5 Å². The maximum absolute atomic E-state index is 10.9. The van der Waals surface area contributed by atoms with Crippen LogP contribution in [-0.4, -0.2) is 26.5 Å². The molecule has 0 saturated heterocycles. The summed E-state index contributed by atoms with van der Waals surface area (Å²) >= 11 is 11.4. The molecule has 0 radical (unpaired) electrons. The highest BCUT2D eigenvalue weighted by atomic mass is 35.5. The summed E-state index contributed by atoms with van der Waals surface area (Å²) in [5.41, 5.74) is 1.00. The van der Waals surface area contributed by atoms with Crippen LogP contribution in [0.5, 0.6) is 0 Å². The number of hydrogen-bond donors (Lipinski definition) is 2. The van der Waals surface area contributed by atoms with Crippen molar-refractivity contribution in [1.82, 2.24) is 20.2 Å². The number of aromatic nitrogens is 4. The van der Waals surface area contributed by atoms with Crippen molar-refractivity contribution in [3.8, 4) is 0 Å². The molecule has 0 spiro atoms. The first-order valence-corrected chi connectivity index (χ1v) is 5.33. The summed E-state index contributed by atoms with van der Waals surface area (Å²) in [5, 5.41) is 9.47. The van der Waals surface area contributed by atoms with Gasteiger partial charge in [-0.2, -0.15) is 10.1 Å². The molecule has 0 unspecified atom stereocenters. The summed E-state index contributed by atoms with van der Waals surface area (Å²) in [7, 11) is 0. The minimum absolute atomic E-state index is 0.00485. The lowest BCUT2D eigenvalue weighted by Crippen LogP contribution is -2.02. The van der Waals surface area contributed by atoms with Gasteiger partial charge in [-0.1, -0.05) is 11.6 Å². The molecule has 0 amide bonds. The van der Waals surface area contributed by atoms with E-state index in [0.717, 1.165) is 5.69 Å². The standard InChI is InChI=1S/C9H7Cl2N5O/c1-4-2-6(16-15-4)12-8-5(3-17)7(10)13-9(11)14-8/h2-3H,1H3,(H2,12,13,14,15,16). The average Bonchev–Trinajstić information content (AvgIpc) is 2.63. The first-order chi connectivity index (χ1) is 8.10. The monoisotopic (exact) mass is 271 g/mol. The number of rotatable bonds is 3. The summed E-state index contributed by atoms with van der Waals surface area (Å²) in [6.07, 6.45) is 0.556. The number of carbonyl (C=O) groups is 1. The minimum Gasteiger partial charge on any atom is -0.323 e. The predicted molar refractivity (Wildman–Crippen MR) is 64.0 cm³/mol. The first-order valence-electron chi connectivity index (χ1n) is 4.57. The van der Waals surface area contributed by atoms with Crippen LogP contribution in [-0.2, 0) is 0 Å². The molecule has 17 heavy (non-hydrogen) atoms. The number of anilines is 2. The second-order valence-electron chi connectivity index (χ2n) is 3.22. The highest BCUT2D eigenvalue weighted by Gasteiger charge is 2.12. The SMILES string of the molecule is Cc1cc(Nc2nc(Cl)nc(Cl)c2C=O)n[nH]1. The van der Waals surface area contributed by atoms with Crippen molar-refractivity contribution in [2.24, 2.45) is 0 Å². The summed E-state index contributed by atoms with van der Waals surface area (Å²) in [6, 6.07) is 1.75. The Labute approximate surface area is 106 Å². The van der Waals surface area contributed by atoms with Gasteiger partial charge in [-0.15, -0.1) is 0 Å². The number of carbonyl (C=O) groups excluding carboxylic acids is 1. The molecule has 0 fully saturated rings. The van der Waals surface area contributed by atoms with E-state index in [1.54, 1.807) is 6.07 Å². The van der Waals surface area contributed by atoms with Crippen LogP contribution in [0.25, 0.3) is 0 Å². The second-order valence-corrected chi connectivity index (χ2v) is 3.92. The number of nitrogens with one attached hydrogen (secondary N) is 2. The summed E-state index contributed by atoms with van der Waals surface area (Å²) in [5.74, 6) is 0.730. The number of nitrogens with zero attached hydrogens (tertiary/aromatic N) is 3. The van der Waals surface area contributed by atoms with Gasteiger partial charge in [0.05, 0.1) is 5.56 Å². The zero-order valence-corrected chi connectivity index (χ0v) is 10.2. The highest BCUT2D eigenvalue weighted by molar-refractivity contribution is 6.34. The third-order valence-corrected chi connectivity index (χ3v) is 2.40. The zero-order valence-electron chi connectivity index (χ0n) is 8.66. The first kappa shape index (κ1) is 11.8. The van der Waals surface area contributed by atoms with E-state index in [0.29, 0.717) is 12.1 Å². The zero-order chi connectivity index (χ0) is 12.4. The van der Waals surface area contributed by atoms with Gasteiger partial charge >= 0.3 is 0 Å². The summed E-state index contributed by atoms with van der Waals surface area (Å²) < 4.78 is 0. The van der Waals surface area contributed by atoms with Gasteiger partial charge in [-0.3, -0.25) is 9.89 Å². The molecule has 88 valence electrons. The van der Waals surface area contributed by atoms with Gasteiger partial charge in [0.2, 0.25) is 5.28 Å². The van der Waals surface area contributed by atoms with Gasteiger partial charge in [-0.05, 0) is 18.5 Å². The molecule has 0 bridgehead atoms. The molecule has 0 aliphatic rings. The highest BCUT2D eigenvalue weighted by Crippen LogP contribution is 2.23. The van der Waals surface area contributed by atoms with Crippen molar-refractivity contribution in [2.45, 2.75) is 6.92 Å². The molecule has 0 saturated carbocycles. The number of halogens is 2. The van der Waals surface area contributed by atoms with E-state index >= 15 is 0 Å². The maximum Gasteiger partial charge on any atom is 0.225 e. The molecule has 2 heterocycles. The Balaban J connectivity index is 2.41. The van der Waals surface area contributed by atoms with Gasteiger partial charge < -0.3 is 5.32 Å². The van der Waals surface area contributed by atoms with Crippen molar-refractivity contribution < 1.29 is 4.79 Å². The van der Waals surface area contributed by atoms with Gasteiger partial charge in [0.25, 0.3) is 0 Å². The summed E-state index contributed by atoms with van der Waals surface area (Å²) in [6.45, 7) is 1.85. The smallest absolute Gasteiger partial charge is 0.225 e. The molecular weight excluding hydrogens is 265 g/mol. The van der Waals surface area contributed by atoms with Crippen LogP contribution >= 0.6 is 23.2 Å². The van der Waals surface area contributed by atoms with Crippen LogP contribution in [0.1, 0.15) is 16.1 Å². The summed E-state index contributed by atoms with van der Waals surface area (Å²) in [4.78, 5) is 18.4. The van der Waals surface area contributed by atoms with Crippen LogP contribution < -0.4 is 5.32 Å². The number of aryl methyl sites for hydroxylation is 1. The minimum atomic E-state index is -0.0460. The van der Waals surface area contributed by atoms with Crippen LogP contribution in [0, 0.1) is 6.92 Å². The molecule has 8 heteroatoms. The third-order valence-electron chi connectivity index (χ3n) is 1.94. The molecule has 2 N–H and O–H groups in total. The van der Waals surface area contributed by atoms with Crippen molar-refractivity contribution in [2.75, 3.05) is 5.32 Å². The lowest BCUT2D eigenvalue weighted by Gasteiger charge is -2.05. The Bertz CT molecular complexity index is 569. The Morgan fingerprint density at radius 1 is 1.41 bits per heavy atom. The fourth-order valence-corrected chi connectivity index (χ4v) is 1.65. The molecule has 0 atom stereocenters. The van der Waals surface area contributed by atoms with Crippen molar-refractivity contribution in [1.29, 1.82) is 0 Å². The Kier molecular flexibility index (Phi) is 3.26. The van der Waals surface area contributed by atoms with E-state index in [1.165, 1.54) is 0 Å². The molecular formula is C9H7Cl2N5O. The van der Waals surface area contributed by atoms with Gasteiger partial charge in [-0.25, -0.2) is 4.98 Å². The number of aldehydes is 1. The molecule has 0 aliphatic carbocycles. The topological polar surface area (TPSA) is 83.6 Å². The lowest BCUT2D eigenvalue weighted by molar-refractivity contribution is 0.112. The number of H-pyrrole nitrogens is 1. The maximum atomic E-state index is 10.9. The van der Waals surface area contributed by atoms with Gasteiger partial charge in [0.15, 0.2) is 12.1 Å². The van der Waals surface area contributed by atoms with E-state index < -0.39 is 0 Å². The van der Waals surface area contributed by atoms with Crippen LogP contribution in [0.2, 0.25) is 10.4 Å². The third kappa shape index (κ3) is 2.54. The quantitative estimate of drug-likeness (QED) is 0.509. The van der Waals surface area contributed by atoms with Crippen LogP contribution in [0.4, 0.5) is 11.6 Å². The van der Waals surface area contributed by atoms with E-state index in [9.17, 15) is 4.79 Å². The molecule has 6 nitrogen and oxygen atoms in total. The van der Waals surface area contributed by atoms with Crippen molar-refractivity contribution in [3.05, 3.63) is 27.8 Å². The largest absolute Gasteiger partial charge is 0.323 e. The van der Waals surface area contributed by atoms with Crippen LogP contribution in [0.15, 0.2) is 6.07 Å². The fraction of sp³-hybridized carbons (Fsp3) is 0.111. The molecule has 2 aromatic rings. The normalized spacial score (nSPS) is 10.3. The van der Waals surface area contributed by atoms with E-state index in [4.69, 9.17) is 23.2 Å². The Morgan fingerprint density at radius 2 is 2.18 bits per heavy atom. The predicted octanol–water partition coefficient (Wildman–Crippen LogP) is 2.37. The van der Waals surface area contributed by atoms with Crippen LogP contribution in [0.3, 0.4) is 0 Å². The average molecular weight is 272 g/mol. The van der Waals surface area contributed by atoms with Gasteiger partial charge in [0.1, 0.15) is 11.0 Å². The molecule has 2 aromatic heterocycles. The number of hydrogen-bond acceptors (Lipinski definition) is 5. The Hall–Kier alpha value is -1.66. The van der Waals surface area contributed by atoms with Crippen molar-refractivity contribution in [3.63, 3.8) is 0 Å². The van der Waals surface area contributed by atoms with Crippen molar-refractivity contribution >= 4 is 41.1 Å². The molecule has 2 rings (SSSR count). The van der Waals surface area contributed by atoms with E-state index in [-0.39, 0.29) is 21.8 Å². The van der Waals surface area contributed by atoms with E-state index in [1.807, 2.05) is 6.92 Å². The van der Waals surface area contributed by atoms with Gasteiger partial charge in [0, 0.05) is 11.8 Å². The Morgan fingerprint density at radius 3 is 2.76 bits per heavy atom. The second kappa shape index (κ2) is 4.68. The number of aromatic amines is 1. The lowest BCUT2D eigenvalue weighted by atomic mass is 10.3. The fourth-order valence-electron chi connectivity index (χ4n) is 1.22. The molecule has 0 aromatic carbocycles. The molecule has 0 aliphatic heterocycles.